The molecule has 142 valence electrons. The van der Waals surface area contributed by atoms with Crippen molar-refractivity contribution < 1.29 is 9.53 Å². The van der Waals surface area contributed by atoms with Crippen molar-refractivity contribution in [2.45, 2.75) is 13.8 Å². The van der Waals surface area contributed by atoms with Crippen LogP contribution in [0.2, 0.25) is 0 Å². The van der Waals surface area contributed by atoms with Crippen LogP contribution in [-0.4, -0.2) is 55.7 Å². The summed E-state index contributed by atoms with van der Waals surface area (Å²) >= 11 is 1.45. The Balaban J connectivity index is 0.00000243. The van der Waals surface area contributed by atoms with E-state index in [2.05, 4.69) is 21.6 Å². The summed E-state index contributed by atoms with van der Waals surface area (Å²) in [5.74, 6) is 0.888. The fraction of sp³-hybridized carbons (Fsp3) is 0.444. The third-order valence-electron chi connectivity index (χ3n) is 4.40. The van der Waals surface area contributed by atoms with Crippen molar-refractivity contribution in [1.29, 1.82) is 0 Å². The average molecular weight is 397 g/mol. The van der Waals surface area contributed by atoms with Gasteiger partial charge in [0.05, 0.1) is 23.4 Å². The molecule has 1 fully saturated rings. The molecule has 1 aliphatic rings. The summed E-state index contributed by atoms with van der Waals surface area (Å²) in [7, 11) is 3.78. The van der Waals surface area contributed by atoms with Crippen LogP contribution in [0.1, 0.15) is 22.3 Å². The Morgan fingerprint density at radius 3 is 2.31 bits per heavy atom. The molecule has 26 heavy (non-hydrogen) atoms. The monoisotopic (exact) mass is 396 g/mol. The number of thiazole rings is 1. The lowest BCUT2D eigenvalue weighted by molar-refractivity contribution is 0.102. The normalized spacial score (nSPS) is 15.7. The van der Waals surface area contributed by atoms with Crippen LogP contribution in [0.15, 0.2) is 29.3 Å². The van der Waals surface area contributed by atoms with Crippen molar-refractivity contribution in [2.24, 2.45) is 4.99 Å². The third kappa shape index (κ3) is 4.28. The number of halogens is 1. The van der Waals surface area contributed by atoms with Gasteiger partial charge in [0.2, 0.25) is 4.80 Å². The van der Waals surface area contributed by atoms with Crippen molar-refractivity contribution in [3.8, 4) is 5.75 Å². The highest BCUT2D eigenvalue weighted by Gasteiger charge is 2.21. The first-order chi connectivity index (χ1) is 12.0. The summed E-state index contributed by atoms with van der Waals surface area (Å²) in [6, 6.07) is 7.64. The van der Waals surface area contributed by atoms with E-state index < -0.39 is 0 Å². The minimum absolute atomic E-state index is 0. The standard InChI is InChI=1S/C18H24N4O2S.ClH/c1-13-17(14(2)23)25-18(19-15-5-7-16(24-4)8-6-15)22(13)21-11-9-20(3)10-12-21;/h5-8H,9-12H2,1-4H3;1H. The van der Waals surface area contributed by atoms with E-state index in [1.54, 1.807) is 14.0 Å². The zero-order valence-electron chi connectivity index (χ0n) is 15.6. The number of hydrogen-bond donors (Lipinski definition) is 0. The molecule has 0 atom stereocenters. The number of piperazine rings is 1. The number of carbonyl (C=O) groups is 1. The SMILES string of the molecule is COc1ccc(N=c2sc(C(C)=O)c(C)n2N2CCN(C)CC2)cc1.Cl. The van der Waals surface area contributed by atoms with Crippen molar-refractivity contribution in [2.75, 3.05) is 45.3 Å². The molecular weight excluding hydrogens is 372 g/mol. The van der Waals surface area contributed by atoms with E-state index in [1.165, 1.54) is 11.3 Å². The fourth-order valence-corrected chi connectivity index (χ4v) is 3.99. The molecule has 0 unspecified atom stereocenters. The molecule has 6 nitrogen and oxygen atoms in total. The number of Topliss-reactive ketones (excluding diaryl/α,β-unsaturated/α-hetero) is 1. The maximum atomic E-state index is 12.0. The van der Waals surface area contributed by atoms with Crippen LogP contribution in [0, 0.1) is 6.92 Å². The molecule has 1 aromatic heterocycles. The highest BCUT2D eigenvalue weighted by Crippen LogP contribution is 2.19. The summed E-state index contributed by atoms with van der Waals surface area (Å²) in [6.45, 7) is 7.45. The molecule has 1 aliphatic heterocycles. The van der Waals surface area contributed by atoms with E-state index in [0.29, 0.717) is 0 Å². The largest absolute Gasteiger partial charge is 0.497 e. The lowest BCUT2D eigenvalue weighted by Crippen LogP contribution is -2.52. The number of ether oxygens (including phenoxy) is 1. The molecule has 0 bridgehead atoms. The smallest absolute Gasteiger partial charge is 0.209 e. The summed E-state index contributed by atoms with van der Waals surface area (Å²) in [6.07, 6.45) is 0. The number of aromatic nitrogens is 1. The first-order valence-electron chi connectivity index (χ1n) is 8.35. The molecular formula is C18H25ClN4O2S. The number of rotatable bonds is 4. The van der Waals surface area contributed by atoms with Crippen LogP contribution in [0.25, 0.3) is 0 Å². The minimum atomic E-state index is 0. The fourth-order valence-electron chi connectivity index (χ4n) is 2.94. The molecule has 0 saturated carbocycles. The summed E-state index contributed by atoms with van der Waals surface area (Å²) in [4.78, 5) is 20.7. The maximum absolute atomic E-state index is 12.0. The van der Waals surface area contributed by atoms with Gasteiger partial charge in [0.25, 0.3) is 0 Å². The molecule has 1 aromatic carbocycles. The van der Waals surface area contributed by atoms with Gasteiger partial charge in [-0.2, -0.15) is 0 Å². The summed E-state index contributed by atoms with van der Waals surface area (Å²) in [5.41, 5.74) is 1.81. The Kier molecular flexibility index (Phi) is 6.86. The van der Waals surface area contributed by atoms with E-state index >= 15 is 0 Å². The average Bonchev–Trinajstić information content (AvgIpc) is 2.93. The number of methoxy groups -OCH3 is 1. The van der Waals surface area contributed by atoms with Gasteiger partial charge in [-0.25, -0.2) is 9.67 Å². The number of likely N-dealkylation sites (N-methyl/N-ethyl adjacent to an activating group) is 1. The first kappa shape index (κ1) is 20.5. The third-order valence-corrected chi connectivity index (χ3v) is 5.63. The predicted octanol–water partition coefficient (Wildman–Crippen LogP) is 2.61. The lowest BCUT2D eigenvalue weighted by Gasteiger charge is -2.35. The zero-order chi connectivity index (χ0) is 18.0. The second-order valence-corrected chi connectivity index (χ2v) is 7.21. The Hall–Kier alpha value is -1.83. The Labute approximate surface area is 164 Å². The maximum Gasteiger partial charge on any atom is 0.209 e. The molecule has 1 saturated heterocycles. The molecule has 0 radical (unpaired) electrons. The summed E-state index contributed by atoms with van der Waals surface area (Å²) in [5, 5.41) is 2.28. The van der Waals surface area contributed by atoms with Crippen LogP contribution in [-0.2, 0) is 0 Å². The molecule has 0 amide bonds. The zero-order valence-corrected chi connectivity index (χ0v) is 17.2. The van der Waals surface area contributed by atoms with Crippen LogP contribution in [0.5, 0.6) is 5.75 Å². The molecule has 8 heteroatoms. The van der Waals surface area contributed by atoms with Gasteiger partial charge >= 0.3 is 0 Å². The topological polar surface area (TPSA) is 50.1 Å². The Morgan fingerprint density at radius 1 is 1.15 bits per heavy atom. The summed E-state index contributed by atoms with van der Waals surface area (Å²) < 4.78 is 7.31. The minimum Gasteiger partial charge on any atom is -0.497 e. The lowest BCUT2D eigenvalue weighted by atomic mass is 10.3. The number of nitrogens with zero attached hydrogens (tertiary/aromatic N) is 4. The van der Waals surface area contributed by atoms with Crippen molar-refractivity contribution in [3.63, 3.8) is 0 Å². The van der Waals surface area contributed by atoms with Crippen molar-refractivity contribution in [1.82, 2.24) is 9.58 Å². The van der Waals surface area contributed by atoms with E-state index in [9.17, 15) is 4.79 Å². The molecule has 2 heterocycles. The van der Waals surface area contributed by atoms with E-state index in [1.807, 2.05) is 31.2 Å². The Bertz CT molecular complexity index is 821. The van der Waals surface area contributed by atoms with Gasteiger partial charge in [-0.05, 0) is 38.2 Å². The van der Waals surface area contributed by atoms with Gasteiger partial charge in [-0.1, -0.05) is 11.3 Å². The van der Waals surface area contributed by atoms with Gasteiger partial charge in [-0.15, -0.1) is 12.4 Å². The number of ketones is 1. The van der Waals surface area contributed by atoms with Crippen LogP contribution >= 0.6 is 23.7 Å². The van der Waals surface area contributed by atoms with Gasteiger partial charge in [0, 0.05) is 33.1 Å². The second kappa shape index (κ2) is 8.70. The molecule has 3 rings (SSSR count). The van der Waals surface area contributed by atoms with Crippen LogP contribution in [0.4, 0.5) is 5.69 Å². The molecule has 0 aliphatic carbocycles. The van der Waals surface area contributed by atoms with Gasteiger partial charge in [0.1, 0.15) is 5.75 Å². The van der Waals surface area contributed by atoms with Crippen molar-refractivity contribution >= 4 is 35.2 Å². The van der Waals surface area contributed by atoms with Crippen LogP contribution < -0.4 is 14.5 Å². The highest BCUT2D eigenvalue weighted by atomic mass is 35.5. The predicted molar refractivity (Wildman–Crippen MR) is 108 cm³/mol. The van der Waals surface area contributed by atoms with E-state index in [-0.39, 0.29) is 18.2 Å². The molecule has 2 aromatic rings. The highest BCUT2D eigenvalue weighted by molar-refractivity contribution is 7.11. The van der Waals surface area contributed by atoms with E-state index in [4.69, 9.17) is 9.73 Å². The first-order valence-corrected chi connectivity index (χ1v) is 9.17. The number of carbonyl (C=O) groups excluding carboxylic acids is 1. The molecule has 0 N–H and O–H groups in total. The van der Waals surface area contributed by atoms with Gasteiger partial charge in [0.15, 0.2) is 5.78 Å². The molecule has 0 spiro atoms. The van der Waals surface area contributed by atoms with E-state index in [0.717, 1.165) is 53.0 Å². The van der Waals surface area contributed by atoms with Gasteiger partial charge < -0.3 is 14.6 Å². The quantitative estimate of drug-likeness (QED) is 0.745. The number of benzene rings is 1. The van der Waals surface area contributed by atoms with Crippen LogP contribution in [0.3, 0.4) is 0 Å². The van der Waals surface area contributed by atoms with Crippen molar-refractivity contribution in [3.05, 3.63) is 39.6 Å². The second-order valence-electron chi connectivity index (χ2n) is 6.23. The van der Waals surface area contributed by atoms with Gasteiger partial charge in [-0.3, -0.25) is 4.79 Å². The Morgan fingerprint density at radius 2 is 1.77 bits per heavy atom. The number of hydrogen-bond acceptors (Lipinski definition) is 6.